The fraction of sp³-hybridized carbons (Fsp3) is 0.917. The van der Waals surface area contributed by atoms with Crippen molar-refractivity contribution in [2.24, 2.45) is 5.41 Å². The molecule has 5 atom stereocenters. The first-order valence-electron chi connectivity index (χ1n) is 6.08. The molecule has 1 heterocycles. The summed E-state index contributed by atoms with van der Waals surface area (Å²) in [5.41, 5.74) is -0.346. The van der Waals surface area contributed by atoms with Gasteiger partial charge < -0.3 is 25.4 Å². The lowest BCUT2D eigenvalue weighted by atomic mass is 9.78. The summed E-state index contributed by atoms with van der Waals surface area (Å²) in [4.78, 5) is 11.2. The molecule has 106 valence electrons. The zero-order chi connectivity index (χ0) is 14.1. The zero-order valence-corrected chi connectivity index (χ0v) is 11.3. The van der Waals surface area contributed by atoms with Gasteiger partial charge in [0.15, 0.2) is 0 Å². The highest BCUT2D eigenvalue weighted by Gasteiger charge is 2.48. The second kappa shape index (κ2) is 5.52. The molecule has 6 heteroatoms. The molecule has 0 aromatic heterocycles. The summed E-state index contributed by atoms with van der Waals surface area (Å²) >= 11 is 0. The van der Waals surface area contributed by atoms with Gasteiger partial charge in [0.25, 0.3) is 0 Å². The van der Waals surface area contributed by atoms with Crippen LogP contribution < -0.4 is 5.32 Å². The van der Waals surface area contributed by atoms with E-state index >= 15 is 0 Å². The average molecular weight is 261 g/mol. The highest BCUT2D eigenvalue weighted by molar-refractivity contribution is 5.73. The highest BCUT2D eigenvalue weighted by atomic mass is 16.5. The van der Waals surface area contributed by atoms with Crippen LogP contribution in [0.5, 0.6) is 0 Å². The second-order valence-corrected chi connectivity index (χ2v) is 5.85. The molecule has 0 spiro atoms. The number of aliphatic hydroxyl groups excluding tert-OH is 3. The minimum Gasteiger partial charge on any atom is -0.394 e. The van der Waals surface area contributed by atoms with Crippen LogP contribution in [0.2, 0.25) is 0 Å². The van der Waals surface area contributed by atoms with Crippen LogP contribution in [0.1, 0.15) is 27.7 Å². The van der Waals surface area contributed by atoms with Crippen LogP contribution in [0.3, 0.4) is 0 Å². The number of nitrogens with one attached hydrogen (secondary N) is 1. The van der Waals surface area contributed by atoms with Gasteiger partial charge in [-0.2, -0.15) is 0 Å². The summed E-state index contributed by atoms with van der Waals surface area (Å²) in [5.74, 6) is -0.299. The van der Waals surface area contributed by atoms with Crippen LogP contribution in [0.25, 0.3) is 0 Å². The number of amides is 1. The molecule has 18 heavy (non-hydrogen) atoms. The number of hydrogen-bond acceptors (Lipinski definition) is 5. The number of ether oxygens (including phenoxy) is 1. The Morgan fingerprint density at radius 2 is 1.83 bits per heavy atom. The molecule has 0 saturated carbocycles. The molecule has 1 unspecified atom stereocenters. The van der Waals surface area contributed by atoms with Gasteiger partial charge >= 0.3 is 0 Å². The summed E-state index contributed by atoms with van der Waals surface area (Å²) < 4.78 is 5.62. The van der Waals surface area contributed by atoms with E-state index in [-0.39, 0.29) is 17.9 Å². The van der Waals surface area contributed by atoms with Gasteiger partial charge in [-0.1, -0.05) is 20.8 Å². The Bertz CT molecular complexity index is 301. The first kappa shape index (κ1) is 15.4. The lowest BCUT2D eigenvalue weighted by molar-refractivity contribution is -0.216. The van der Waals surface area contributed by atoms with Crippen molar-refractivity contribution in [2.45, 2.75) is 58.2 Å². The lowest BCUT2D eigenvalue weighted by Gasteiger charge is -2.47. The number of carbonyl (C=O) groups excluding carboxylic acids is 1. The Kier molecular flexibility index (Phi) is 4.72. The molecule has 1 saturated heterocycles. The third kappa shape index (κ3) is 3.20. The smallest absolute Gasteiger partial charge is 0.217 e. The fourth-order valence-corrected chi connectivity index (χ4v) is 2.25. The van der Waals surface area contributed by atoms with E-state index in [1.807, 2.05) is 20.8 Å². The lowest BCUT2D eigenvalue weighted by Crippen LogP contribution is -2.66. The Morgan fingerprint density at radius 1 is 1.28 bits per heavy atom. The third-order valence-electron chi connectivity index (χ3n) is 3.15. The monoisotopic (exact) mass is 261 g/mol. The predicted octanol–water partition coefficient (Wildman–Crippen LogP) is -0.981. The van der Waals surface area contributed by atoms with Gasteiger partial charge in [0.05, 0.1) is 18.8 Å². The number of hydrogen-bond donors (Lipinski definition) is 4. The molecule has 1 amide bonds. The first-order chi connectivity index (χ1) is 8.18. The minimum atomic E-state index is -1.22. The zero-order valence-electron chi connectivity index (χ0n) is 11.3. The molecule has 1 aliphatic heterocycles. The Morgan fingerprint density at radius 3 is 2.22 bits per heavy atom. The average Bonchev–Trinajstić information content (AvgIpc) is 2.23. The van der Waals surface area contributed by atoms with Gasteiger partial charge in [0.2, 0.25) is 5.91 Å². The van der Waals surface area contributed by atoms with E-state index < -0.39 is 30.5 Å². The van der Waals surface area contributed by atoms with E-state index in [9.17, 15) is 15.0 Å². The van der Waals surface area contributed by atoms with Crippen molar-refractivity contribution in [3.05, 3.63) is 0 Å². The van der Waals surface area contributed by atoms with Crippen molar-refractivity contribution >= 4 is 5.91 Å². The molecule has 0 radical (unpaired) electrons. The van der Waals surface area contributed by atoms with Crippen LogP contribution in [0, 0.1) is 5.41 Å². The Balaban J connectivity index is 2.98. The fourth-order valence-electron chi connectivity index (χ4n) is 2.25. The standard InChI is InChI=1S/C12H23NO5/c1-6(15)13-8-10(17)9(16)7(5-14)18-11(8)12(2,3)4/h7-11,14,16-17H,5H2,1-4H3,(H,13,15)/t7-,8-,9-,10-,11?/m1/s1. The van der Waals surface area contributed by atoms with Crippen LogP contribution in [0.15, 0.2) is 0 Å². The first-order valence-corrected chi connectivity index (χ1v) is 6.08. The van der Waals surface area contributed by atoms with Gasteiger partial charge in [-0.05, 0) is 5.41 Å². The Hall–Kier alpha value is -0.690. The van der Waals surface area contributed by atoms with E-state index in [2.05, 4.69) is 5.32 Å². The van der Waals surface area contributed by atoms with Gasteiger partial charge in [0.1, 0.15) is 18.3 Å². The summed E-state index contributed by atoms with van der Waals surface area (Å²) in [6.07, 6.45) is -3.71. The molecule has 0 aliphatic carbocycles. The maximum Gasteiger partial charge on any atom is 0.217 e. The number of aliphatic hydroxyl groups is 3. The summed E-state index contributed by atoms with van der Waals surface area (Å²) in [5, 5.41) is 31.6. The van der Waals surface area contributed by atoms with E-state index in [0.717, 1.165) is 0 Å². The predicted molar refractivity (Wildman–Crippen MR) is 64.8 cm³/mol. The molecule has 6 nitrogen and oxygen atoms in total. The molecular weight excluding hydrogens is 238 g/mol. The summed E-state index contributed by atoms with van der Waals surface area (Å²) in [7, 11) is 0. The maximum atomic E-state index is 11.2. The van der Waals surface area contributed by atoms with Crippen LogP contribution in [0.4, 0.5) is 0 Å². The molecule has 0 bridgehead atoms. The van der Waals surface area contributed by atoms with Crippen molar-refractivity contribution in [3.63, 3.8) is 0 Å². The van der Waals surface area contributed by atoms with Gasteiger partial charge in [-0.3, -0.25) is 4.79 Å². The summed E-state index contributed by atoms with van der Waals surface area (Å²) in [6.45, 7) is 6.69. The quantitative estimate of drug-likeness (QED) is 0.512. The van der Waals surface area contributed by atoms with Gasteiger partial charge in [-0.25, -0.2) is 0 Å². The highest BCUT2D eigenvalue weighted by Crippen LogP contribution is 2.32. The topological polar surface area (TPSA) is 99.0 Å². The molecule has 0 aromatic carbocycles. The normalized spacial score (nSPS) is 37.4. The molecule has 1 fully saturated rings. The second-order valence-electron chi connectivity index (χ2n) is 5.85. The molecular formula is C12H23NO5. The summed E-state index contributed by atoms with van der Waals surface area (Å²) in [6, 6.07) is -0.694. The van der Waals surface area contributed by atoms with E-state index in [4.69, 9.17) is 9.84 Å². The molecule has 4 N–H and O–H groups in total. The van der Waals surface area contributed by atoms with E-state index in [1.54, 1.807) is 0 Å². The Labute approximate surface area is 107 Å². The van der Waals surface area contributed by atoms with Crippen molar-refractivity contribution in [3.8, 4) is 0 Å². The minimum absolute atomic E-state index is 0.299. The van der Waals surface area contributed by atoms with Gasteiger partial charge in [-0.15, -0.1) is 0 Å². The van der Waals surface area contributed by atoms with E-state index in [0.29, 0.717) is 0 Å². The van der Waals surface area contributed by atoms with Crippen molar-refractivity contribution in [2.75, 3.05) is 6.61 Å². The van der Waals surface area contributed by atoms with Crippen LogP contribution in [-0.4, -0.2) is 58.3 Å². The molecule has 0 aromatic rings. The maximum absolute atomic E-state index is 11.2. The van der Waals surface area contributed by atoms with Crippen molar-refractivity contribution in [1.82, 2.24) is 5.32 Å². The largest absolute Gasteiger partial charge is 0.394 e. The third-order valence-corrected chi connectivity index (χ3v) is 3.15. The van der Waals surface area contributed by atoms with Crippen molar-refractivity contribution in [1.29, 1.82) is 0 Å². The SMILES string of the molecule is CC(=O)N[C@H]1C(C(C)(C)C)O[C@H](CO)[C@@H](O)[C@@H]1O. The van der Waals surface area contributed by atoms with Gasteiger partial charge in [0, 0.05) is 6.92 Å². The van der Waals surface area contributed by atoms with Crippen LogP contribution in [-0.2, 0) is 9.53 Å². The molecule has 1 rings (SSSR count). The van der Waals surface area contributed by atoms with Crippen molar-refractivity contribution < 1.29 is 24.9 Å². The van der Waals surface area contributed by atoms with Crippen LogP contribution >= 0.6 is 0 Å². The van der Waals surface area contributed by atoms with E-state index in [1.165, 1.54) is 6.92 Å². The molecule has 1 aliphatic rings. The number of carbonyl (C=O) groups is 1. The number of rotatable bonds is 2.